The summed E-state index contributed by atoms with van der Waals surface area (Å²) < 4.78 is 19.0. The van der Waals surface area contributed by atoms with Gasteiger partial charge in [-0.15, -0.1) is 11.3 Å². The Labute approximate surface area is 132 Å². The number of para-hydroxylation sites is 1. The van der Waals surface area contributed by atoms with Crippen molar-refractivity contribution in [2.24, 2.45) is 0 Å². The van der Waals surface area contributed by atoms with Gasteiger partial charge >= 0.3 is 0 Å². The van der Waals surface area contributed by atoms with Crippen molar-refractivity contribution in [3.8, 4) is 5.75 Å². The normalized spacial score (nSPS) is 10.9. The summed E-state index contributed by atoms with van der Waals surface area (Å²) in [5.41, 5.74) is 0. The van der Waals surface area contributed by atoms with E-state index >= 15 is 0 Å². The van der Waals surface area contributed by atoms with Gasteiger partial charge in [0.05, 0.1) is 11.9 Å². The summed E-state index contributed by atoms with van der Waals surface area (Å²) in [4.78, 5) is 12.8. The molecule has 0 saturated heterocycles. The molecule has 0 aliphatic rings. The number of aryl methyl sites for hydroxylation is 1. The second-order valence-electron chi connectivity index (χ2n) is 4.97. The molecule has 1 aromatic carbocycles. The zero-order valence-electron chi connectivity index (χ0n) is 12.4. The largest absolute Gasteiger partial charge is 0.489 e. The fourth-order valence-corrected chi connectivity index (χ4v) is 3.07. The van der Waals surface area contributed by atoms with E-state index in [1.165, 1.54) is 10.9 Å². The van der Waals surface area contributed by atoms with Crippen molar-refractivity contribution in [1.82, 2.24) is 9.97 Å². The monoisotopic (exact) mass is 317 g/mol. The second kappa shape index (κ2) is 6.27. The summed E-state index contributed by atoms with van der Waals surface area (Å²) >= 11 is 1.65. The zero-order valence-corrected chi connectivity index (χ0v) is 13.2. The average Bonchev–Trinajstić information content (AvgIpc) is 2.89. The number of anilines is 1. The minimum atomic E-state index is -0.344. The molecule has 0 saturated carbocycles. The summed E-state index contributed by atoms with van der Waals surface area (Å²) in [6, 6.07) is 8.50. The number of halogens is 1. The number of ether oxygens (including phenoxy) is 1. The minimum Gasteiger partial charge on any atom is -0.489 e. The van der Waals surface area contributed by atoms with E-state index in [0.717, 1.165) is 16.0 Å². The molecule has 0 N–H and O–H groups in total. The second-order valence-corrected chi connectivity index (χ2v) is 6.21. The van der Waals surface area contributed by atoms with Gasteiger partial charge in [0, 0.05) is 11.9 Å². The van der Waals surface area contributed by atoms with E-state index in [0.29, 0.717) is 13.2 Å². The first kappa shape index (κ1) is 14.7. The molecule has 2 aromatic heterocycles. The Morgan fingerprint density at radius 2 is 2.09 bits per heavy atom. The molecule has 4 nitrogen and oxygen atoms in total. The van der Waals surface area contributed by atoms with Crippen molar-refractivity contribution in [1.29, 1.82) is 0 Å². The van der Waals surface area contributed by atoms with E-state index in [-0.39, 0.29) is 11.6 Å². The molecule has 0 bridgehead atoms. The van der Waals surface area contributed by atoms with Gasteiger partial charge in [-0.05, 0) is 25.1 Å². The van der Waals surface area contributed by atoms with Crippen molar-refractivity contribution in [2.45, 2.75) is 6.92 Å². The highest BCUT2D eigenvalue weighted by molar-refractivity contribution is 7.18. The molecule has 3 rings (SSSR count). The lowest BCUT2D eigenvalue weighted by molar-refractivity contribution is 0.309. The molecule has 0 spiro atoms. The van der Waals surface area contributed by atoms with Crippen LogP contribution in [0, 0.1) is 12.7 Å². The molecule has 2 heterocycles. The fraction of sp³-hybridized carbons (Fsp3) is 0.250. The summed E-state index contributed by atoms with van der Waals surface area (Å²) in [6.07, 6.45) is 1.57. The topological polar surface area (TPSA) is 38.2 Å². The van der Waals surface area contributed by atoms with Gasteiger partial charge in [0.15, 0.2) is 11.6 Å². The SMILES string of the molecule is Cc1cc2c(N(C)CCOc3ccccc3F)ncnc2s1. The van der Waals surface area contributed by atoms with Crippen LogP contribution in [0.15, 0.2) is 36.7 Å². The molecule has 0 aliphatic heterocycles. The van der Waals surface area contributed by atoms with Crippen LogP contribution in [0.2, 0.25) is 0 Å². The Hall–Kier alpha value is -2.21. The number of aromatic nitrogens is 2. The van der Waals surface area contributed by atoms with Crippen LogP contribution in [0.5, 0.6) is 5.75 Å². The first-order valence-electron chi connectivity index (χ1n) is 6.95. The highest BCUT2D eigenvalue weighted by atomic mass is 32.1. The van der Waals surface area contributed by atoms with Crippen LogP contribution in [-0.2, 0) is 0 Å². The highest BCUT2D eigenvalue weighted by Gasteiger charge is 2.11. The summed E-state index contributed by atoms with van der Waals surface area (Å²) in [6.45, 7) is 3.04. The molecule has 0 radical (unpaired) electrons. The van der Waals surface area contributed by atoms with Gasteiger partial charge < -0.3 is 9.64 Å². The standard InChI is InChI=1S/C16H16FN3OS/c1-11-9-12-15(18-10-19-16(12)22-11)20(2)7-8-21-14-6-4-3-5-13(14)17/h3-6,9-10H,7-8H2,1-2H3. The van der Waals surface area contributed by atoms with Crippen molar-refractivity contribution >= 4 is 27.4 Å². The molecular formula is C16H16FN3OS. The summed E-state index contributed by atoms with van der Waals surface area (Å²) in [5, 5.41) is 1.04. The van der Waals surface area contributed by atoms with Crippen molar-refractivity contribution in [3.63, 3.8) is 0 Å². The van der Waals surface area contributed by atoms with Gasteiger partial charge in [-0.3, -0.25) is 0 Å². The number of likely N-dealkylation sites (N-methyl/N-ethyl adjacent to an activating group) is 1. The molecule has 3 aromatic rings. The van der Waals surface area contributed by atoms with E-state index in [2.05, 4.69) is 23.0 Å². The number of nitrogens with zero attached hydrogens (tertiary/aromatic N) is 3. The van der Waals surface area contributed by atoms with Gasteiger partial charge in [-0.2, -0.15) is 0 Å². The quantitative estimate of drug-likeness (QED) is 0.720. The molecular weight excluding hydrogens is 301 g/mol. The Morgan fingerprint density at radius 3 is 2.91 bits per heavy atom. The third-order valence-electron chi connectivity index (χ3n) is 3.31. The van der Waals surface area contributed by atoms with E-state index in [4.69, 9.17) is 4.74 Å². The van der Waals surface area contributed by atoms with Gasteiger partial charge in [0.25, 0.3) is 0 Å². The smallest absolute Gasteiger partial charge is 0.165 e. The fourth-order valence-electron chi connectivity index (χ4n) is 2.23. The van der Waals surface area contributed by atoms with Crippen molar-refractivity contribution in [3.05, 3.63) is 47.4 Å². The number of fused-ring (bicyclic) bond motifs is 1. The molecule has 0 fully saturated rings. The first-order valence-corrected chi connectivity index (χ1v) is 7.76. The maximum Gasteiger partial charge on any atom is 0.165 e. The van der Waals surface area contributed by atoms with Crippen LogP contribution in [0.3, 0.4) is 0 Å². The maximum atomic E-state index is 13.5. The predicted molar refractivity (Wildman–Crippen MR) is 87.3 cm³/mol. The molecule has 0 amide bonds. The predicted octanol–water partition coefficient (Wildman–Crippen LogP) is 3.65. The lowest BCUT2D eigenvalue weighted by Crippen LogP contribution is -2.25. The summed E-state index contributed by atoms with van der Waals surface area (Å²) in [5.74, 6) is 0.796. The minimum absolute atomic E-state index is 0.273. The lowest BCUT2D eigenvalue weighted by Gasteiger charge is -2.19. The molecule has 0 unspecified atom stereocenters. The Bertz CT molecular complexity index is 790. The van der Waals surface area contributed by atoms with Crippen LogP contribution in [0.4, 0.5) is 10.2 Å². The average molecular weight is 317 g/mol. The lowest BCUT2D eigenvalue weighted by atomic mass is 10.3. The van der Waals surface area contributed by atoms with E-state index in [1.807, 2.05) is 11.9 Å². The number of hydrogen-bond donors (Lipinski definition) is 0. The third kappa shape index (κ3) is 3.01. The number of rotatable bonds is 5. The molecule has 22 heavy (non-hydrogen) atoms. The van der Waals surface area contributed by atoms with Gasteiger partial charge in [0.2, 0.25) is 0 Å². The van der Waals surface area contributed by atoms with Crippen LogP contribution in [-0.4, -0.2) is 30.2 Å². The highest BCUT2D eigenvalue weighted by Crippen LogP contribution is 2.29. The zero-order chi connectivity index (χ0) is 15.5. The number of thiophene rings is 1. The maximum absolute atomic E-state index is 13.5. The third-order valence-corrected chi connectivity index (χ3v) is 4.27. The van der Waals surface area contributed by atoms with E-state index in [1.54, 1.807) is 35.9 Å². The number of benzene rings is 1. The Morgan fingerprint density at radius 1 is 1.27 bits per heavy atom. The van der Waals surface area contributed by atoms with Crippen LogP contribution in [0.25, 0.3) is 10.2 Å². The van der Waals surface area contributed by atoms with Crippen molar-refractivity contribution in [2.75, 3.05) is 25.1 Å². The van der Waals surface area contributed by atoms with E-state index in [9.17, 15) is 4.39 Å². The Kier molecular flexibility index (Phi) is 4.20. The van der Waals surface area contributed by atoms with Gasteiger partial charge in [0.1, 0.15) is 23.6 Å². The first-order chi connectivity index (χ1) is 10.6. The van der Waals surface area contributed by atoms with Gasteiger partial charge in [-0.1, -0.05) is 12.1 Å². The molecule has 0 aliphatic carbocycles. The van der Waals surface area contributed by atoms with Gasteiger partial charge in [-0.25, -0.2) is 14.4 Å². The molecule has 114 valence electrons. The van der Waals surface area contributed by atoms with Crippen molar-refractivity contribution < 1.29 is 9.13 Å². The van der Waals surface area contributed by atoms with Crippen LogP contribution >= 0.6 is 11.3 Å². The van der Waals surface area contributed by atoms with Crippen LogP contribution < -0.4 is 9.64 Å². The molecule has 6 heteroatoms. The molecule has 0 atom stereocenters. The summed E-state index contributed by atoms with van der Waals surface area (Å²) in [7, 11) is 1.94. The number of hydrogen-bond acceptors (Lipinski definition) is 5. The Balaban J connectivity index is 1.69. The van der Waals surface area contributed by atoms with E-state index < -0.39 is 0 Å². The van der Waals surface area contributed by atoms with Crippen LogP contribution in [0.1, 0.15) is 4.88 Å².